The Bertz CT molecular complexity index is 723. The minimum atomic E-state index is -0.438. The van der Waals surface area contributed by atoms with Gasteiger partial charge in [-0.3, -0.25) is 4.57 Å². The van der Waals surface area contributed by atoms with Gasteiger partial charge >= 0.3 is 11.7 Å². The van der Waals surface area contributed by atoms with Gasteiger partial charge in [-0.2, -0.15) is 0 Å². The van der Waals surface area contributed by atoms with Gasteiger partial charge in [-0.1, -0.05) is 0 Å². The molecule has 1 saturated heterocycles. The number of ether oxygens (including phenoxy) is 1. The molecule has 6 nitrogen and oxygen atoms in total. The highest BCUT2D eigenvalue weighted by Gasteiger charge is 2.23. The van der Waals surface area contributed by atoms with Crippen molar-refractivity contribution < 1.29 is 13.9 Å². The van der Waals surface area contributed by atoms with Crippen LogP contribution in [0.15, 0.2) is 27.4 Å². The van der Waals surface area contributed by atoms with Crippen LogP contribution in [0.3, 0.4) is 0 Å². The Balaban J connectivity index is 2.02. The van der Waals surface area contributed by atoms with Gasteiger partial charge in [-0.15, -0.1) is 0 Å². The summed E-state index contributed by atoms with van der Waals surface area (Å²) in [6, 6.07) is 5.13. The number of carbonyl (C=O) groups is 1. The van der Waals surface area contributed by atoms with Crippen LogP contribution >= 0.6 is 0 Å². The number of oxazole rings is 1. The van der Waals surface area contributed by atoms with Crippen LogP contribution in [0.25, 0.3) is 11.1 Å². The summed E-state index contributed by atoms with van der Waals surface area (Å²) in [6.07, 6.45) is 1.84. The predicted molar refractivity (Wildman–Crippen MR) is 77.6 cm³/mol. The molecular formula is C15H18N2O4. The molecule has 0 atom stereocenters. The van der Waals surface area contributed by atoms with Gasteiger partial charge in [-0.25, -0.2) is 9.59 Å². The van der Waals surface area contributed by atoms with Crippen LogP contribution in [0.5, 0.6) is 0 Å². The Labute approximate surface area is 121 Å². The van der Waals surface area contributed by atoms with Crippen molar-refractivity contribution in [1.29, 1.82) is 0 Å². The summed E-state index contributed by atoms with van der Waals surface area (Å²) < 4.78 is 11.7. The molecule has 1 aromatic carbocycles. The standard InChI is InChI=1S/C15H18N2O4/c1-16-7-5-11(6-8-16)17-12-4-3-10(14(18)20-2)9-13(12)21-15(17)19/h3-4,9,11H,5-8H2,1-2H3. The van der Waals surface area contributed by atoms with E-state index in [-0.39, 0.29) is 11.8 Å². The van der Waals surface area contributed by atoms with Gasteiger partial charge in [0, 0.05) is 6.04 Å². The molecule has 2 aromatic rings. The number of aromatic nitrogens is 1. The van der Waals surface area contributed by atoms with Crippen molar-refractivity contribution in [3.8, 4) is 0 Å². The molecular weight excluding hydrogens is 272 g/mol. The topological polar surface area (TPSA) is 64.7 Å². The zero-order valence-electron chi connectivity index (χ0n) is 12.2. The molecule has 0 unspecified atom stereocenters. The molecule has 112 valence electrons. The highest BCUT2D eigenvalue weighted by molar-refractivity contribution is 5.93. The first kappa shape index (κ1) is 13.9. The number of fused-ring (bicyclic) bond motifs is 1. The van der Waals surface area contributed by atoms with Crippen LogP contribution < -0.4 is 5.76 Å². The number of benzene rings is 1. The largest absolute Gasteiger partial charge is 0.465 e. The minimum Gasteiger partial charge on any atom is -0.465 e. The number of likely N-dealkylation sites (tertiary alicyclic amines) is 1. The Morgan fingerprint density at radius 1 is 1.33 bits per heavy atom. The lowest BCUT2D eigenvalue weighted by molar-refractivity contribution is 0.0601. The Morgan fingerprint density at radius 2 is 2.05 bits per heavy atom. The van der Waals surface area contributed by atoms with Crippen molar-refractivity contribution in [2.24, 2.45) is 0 Å². The van der Waals surface area contributed by atoms with E-state index in [1.807, 2.05) is 0 Å². The molecule has 2 heterocycles. The molecule has 1 aliphatic rings. The summed E-state index contributed by atoms with van der Waals surface area (Å²) in [5.41, 5.74) is 1.55. The van der Waals surface area contributed by atoms with E-state index in [2.05, 4.69) is 16.7 Å². The third-order valence-corrected chi connectivity index (χ3v) is 4.09. The van der Waals surface area contributed by atoms with Gasteiger partial charge in [0.1, 0.15) is 0 Å². The Hall–Kier alpha value is -2.08. The maximum Gasteiger partial charge on any atom is 0.420 e. The molecule has 3 rings (SSSR count). The van der Waals surface area contributed by atoms with Gasteiger partial charge in [0.2, 0.25) is 0 Å². The van der Waals surface area contributed by atoms with Crippen molar-refractivity contribution in [2.45, 2.75) is 18.9 Å². The van der Waals surface area contributed by atoms with Crippen LogP contribution in [0.1, 0.15) is 29.2 Å². The average molecular weight is 290 g/mol. The summed E-state index contributed by atoms with van der Waals surface area (Å²) in [5.74, 6) is -0.798. The maximum absolute atomic E-state index is 12.1. The van der Waals surface area contributed by atoms with Gasteiger partial charge in [0.05, 0.1) is 18.2 Å². The van der Waals surface area contributed by atoms with Gasteiger partial charge in [-0.05, 0) is 51.2 Å². The van der Waals surface area contributed by atoms with E-state index in [0.717, 1.165) is 31.4 Å². The minimum absolute atomic E-state index is 0.152. The van der Waals surface area contributed by atoms with Crippen LogP contribution in [-0.4, -0.2) is 42.7 Å². The van der Waals surface area contributed by atoms with E-state index in [1.165, 1.54) is 7.11 Å². The summed E-state index contributed by atoms with van der Waals surface area (Å²) in [5, 5.41) is 0. The molecule has 1 aliphatic heterocycles. The average Bonchev–Trinajstić information content (AvgIpc) is 2.82. The third kappa shape index (κ3) is 2.47. The second kappa shape index (κ2) is 5.37. The van der Waals surface area contributed by atoms with E-state index in [9.17, 15) is 9.59 Å². The fraction of sp³-hybridized carbons (Fsp3) is 0.467. The highest BCUT2D eigenvalue weighted by Crippen LogP contribution is 2.25. The van der Waals surface area contributed by atoms with Gasteiger partial charge in [0.15, 0.2) is 5.58 Å². The summed E-state index contributed by atoms with van der Waals surface area (Å²) in [4.78, 5) is 25.9. The number of esters is 1. The fourth-order valence-electron chi connectivity index (χ4n) is 2.88. The van der Waals surface area contributed by atoms with E-state index in [0.29, 0.717) is 11.1 Å². The SMILES string of the molecule is COC(=O)c1ccc2c(c1)oc(=O)n2C1CCN(C)CC1. The summed E-state index contributed by atoms with van der Waals surface area (Å²) in [6.45, 7) is 1.92. The molecule has 0 bridgehead atoms. The van der Waals surface area contributed by atoms with E-state index >= 15 is 0 Å². The quantitative estimate of drug-likeness (QED) is 0.787. The van der Waals surface area contributed by atoms with Crippen LogP contribution in [0, 0.1) is 0 Å². The van der Waals surface area contributed by atoms with Crippen molar-refractivity contribution in [2.75, 3.05) is 27.2 Å². The molecule has 0 radical (unpaired) electrons. The monoisotopic (exact) mass is 290 g/mol. The molecule has 21 heavy (non-hydrogen) atoms. The van der Waals surface area contributed by atoms with E-state index < -0.39 is 5.97 Å². The summed E-state index contributed by atoms with van der Waals surface area (Å²) in [7, 11) is 3.40. The number of rotatable bonds is 2. The Morgan fingerprint density at radius 3 is 2.71 bits per heavy atom. The number of hydrogen-bond acceptors (Lipinski definition) is 5. The summed E-state index contributed by atoms with van der Waals surface area (Å²) >= 11 is 0. The predicted octanol–water partition coefficient (Wildman–Crippen LogP) is 1.65. The van der Waals surface area contributed by atoms with Crippen LogP contribution in [0.2, 0.25) is 0 Å². The second-order valence-electron chi connectivity index (χ2n) is 5.45. The number of piperidine rings is 1. The van der Waals surface area contributed by atoms with Crippen LogP contribution in [-0.2, 0) is 4.74 Å². The van der Waals surface area contributed by atoms with Crippen LogP contribution in [0.4, 0.5) is 0 Å². The maximum atomic E-state index is 12.1. The zero-order chi connectivity index (χ0) is 15.0. The molecule has 0 spiro atoms. The number of carbonyl (C=O) groups excluding carboxylic acids is 1. The first-order chi connectivity index (χ1) is 10.1. The first-order valence-corrected chi connectivity index (χ1v) is 7.02. The lowest BCUT2D eigenvalue weighted by Crippen LogP contribution is -2.34. The molecule has 0 amide bonds. The van der Waals surface area contributed by atoms with Gasteiger partial charge in [0.25, 0.3) is 0 Å². The van der Waals surface area contributed by atoms with Crippen molar-refractivity contribution in [3.05, 3.63) is 34.3 Å². The Kier molecular flexibility index (Phi) is 3.55. The smallest absolute Gasteiger partial charge is 0.420 e. The van der Waals surface area contributed by atoms with Gasteiger partial charge < -0.3 is 14.1 Å². The lowest BCUT2D eigenvalue weighted by Gasteiger charge is -2.29. The molecule has 0 N–H and O–H groups in total. The lowest BCUT2D eigenvalue weighted by atomic mass is 10.1. The van der Waals surface area contributed by atoms with Crippen molar-refractivity contribution in [1.82, 2.24) is 9.47 Å². The van der Waals surface area contributed by atoms with E-state index in [1.54, 1.807) is 22.8 Å². The molecule has 1 aromatic heterocycles. The number of nitrogens with zero attached hydrogens (tertiary/aromatic N) is 2. The number of methoxy groups -OCH3 is 1. The molecule has 0 saturated carbocycles. The molecule has 6 heteroatoms. The fourth-order valence-corrected chi connectivity index (χ4v) is 2.88. The normalized spacial score (nSPS) is 17.2. The second-order valence-corrected chi connectivity index (χ2v) is 5.45. The highest BCUT2D eigenvalue weighted by atomic mass is 16.5. The number of hydrogen-bond donors (Lipinski definition) is 0. The third-order valence-electron chi connectivity index (χ3n) is 4.09. The van der Waals surface area contributed by atoms with E-state index in [4.69, 9.17) is 4.42 Å². The molecule has 1 fully saturated rings. The van der Waals surface area contributed by atoms with Crippen molar-refractivity contribution >= 4 is 17.1 Å². The zero-order valence-corrected chi connectivity index (χ0v) is 12.2. The van der Waals surface area contributed by atoms with Crippen molar-refractivity contribution in [3.63, 3.8) is 0 Å². The molecule has 0 aliphatic carbocycles. The first-order valence-electron chi connectivity index (χ1n) is 7.02.